The summed E-state index contributed by atoms with van der Waals surface area (Å²) in [5, 5.41) is 3.47. The summed E-state index contributed by atoms with van der Waals surface area (Å²) >= 11 is 0. The second-order valence-corrected chi connectivity index (χ2v) is 4.82. The molecule has 1 N–H and O–H groups in total. The van der Waals surface area contributed by atoms with Crippen molar-refractivity contribution in [2.24, 2.45) is 0 Å². The SMILES string of the molecule is CCCNC(C)c1ccnc(OC(C)CCC)c1. The molecule has 0 bridgehead atoms. The van der Waals surface area contributed by atoms with E-state index in [1.807, 2.05) is 18.3 Å². The third-order valence-electron chi connectivity index (χ3n) is 2.98. The monoisotopic (exact) mass is 250 g/mol. The number of nitrogens with zero attached hydrogens (tertiary/aromatic N) is 1. The van der Waals surface area contributed by atoms with Crippen molar-refractivity contribution in [1.29, 1.82) is 0 Å². The van der Waals surface area contributed by atoms with E-state index in [1.165, 1.54) is 5.56 Å². The normalized spacial score (nSPS) is 14.2. The van der Waals surface area contributed by atoms with Crippen LogP contribution in [0.15, 0.2) is 18.3 Å². The molecule has 18 heavy (non-hydrogen) atoms. The fourth-order valence-electron chi connectivity index (χ4n) is 1.91. The molecule has 0 saturated carbocycles. The maximum absolute atomic E-state index is 5.81. The maximum atomic E-state index is 5.81. The molecule has 0 amide bonds. The van der Waals surface area contributed by atoms with Crippen LogP contribution in [0.25, 0.3) is 0 Å². The fraction of sp³-hybridized carbons (Fsp3) is 0.667. The Balaban J connectivity index is 2.61. The number of aromatic nitrogens is 1. The molecule has 3 nitrogen and oxygen atoms in total. The highest BCUT2D eigenvalue weighted by atomic mass is 16.5. The minimum atomic E-state index is 0.233. The zero-order valence-electron chi connectivity index (χ0n) is 12.1. The van der Waals surface area contributed by atoms with Crippen LogP contribution < -0.4 is 10.1 Å². The van der Waals surface area contributed by atoms with Crippen LogP contribution in [-0.4, -0.2) is 17.6 Å². The minimum Gasteiger partial charge on any atom is -0.475 e. The first-order valence-electron chi connectivity index (χ1n) is 7.03. The van der Waals surface area contributed by atoms with Crippen LogP contribution in [0, 0.1) is 0 Å². The first-order valence-corrected chi connectivity index (χ1v) is 7.03. The van der Waals surface area contributed by atoms with Crippen molar-refractivity contribution in [3.63, 3.8) is 0 Å². The smallest absolute Gasteiger partial charge is 0.213 e. The Hall–Kier alpha value is -1.09. The third-order valence-corrected chi connectivity index (χ3v) is 2.98. The Morgan fingerprint density at radius 1 is 1.28 bits per heavy atom. The van der Waals surface area contributed by atoms with Crippen molar-refractivity contribution in [2.75, 3.05) is 6.54 Å². The van der Waals surface area contributed by atoms with Gasteiger partial charge >= 0.3 is 0 Å². The first kappa shape index (κ1) is 15.0. The lowest BCUT2D eigenvalue weighted by atomic mass is 10.1. The molecule has 1 heterocycles. The largest absolute Gasteiger partial charge is 0.475 e. The summed E-state index contributed by atoms with van der Waals surface area (Å²) in [5.41, 5.74) is 1.23. The maximum Gasteiger partial charge on any atom is 0.213 e. The van der Waals surface area contributed by atoms with E-state index in [1.54, 1.807) is 0 Å². The Morgan fingerprint density at radius 2 is 2.06 bits per heavy atom. The van der Waals surface area contributed by atoms with Gasteiger partial charge in [0.2, 0.25) is 5.88 Å². The van der Waals surface area contributed by atoms with Gasteiger partial charge in [0.25, 0.3) is 0 Å². The topological polar surface area (TPSA) is 34.2 Å². The van der Waals surface area contributed by atoms with Gasteiger partial charge < -0.3 is 10.1 Å². The number of hydrogen-bond acceptors (Lipinski definition) is 3. The van der Waals surface area contributed by atoms with E-state index in [0.29, 0.717) is 6.04 Å². The van der Waals surface area contributed by atoms with Gasteiger partial charge in [0.15, 0.2) is 0 Å². The number of hydrogen-bond donors (Lipinski definition) is 1. The first-order chi connectivity index (χ1) is 8.67. The number of pyridine rings is 1. The van der Waals surface area contributed by atoms with Gasteiger partial charge in [0, 0.05) is 18.3 Å². The lowest BCUT2D eigenvalue weighted by Gasteiger charge is -2.16. The van der Waals surface area contributed by atoms with Gasteiger partial charge in [-0.15, -0.1) is 0 Å². The molecule has 1 rings (SSSR count). The van der Waals surface area contributed by atoms with Crippen LogP contribution in [0.3, 0.4) is 0 Å². The second kappa shape index (κ2) is 8.09. The Morgan fingerprint density at radius 3 is 2.72 bits per heavy atom. The van der Waals surface area contributed by atoms with Crippen LogP contribution in [0.1, 0.15) is 58.6 Å². The summed E-state index contributed by atoms with van der Waals surface area (Å²) in [6, 6.07) is 4.43. The third kappa shape index (κ3) is 5.05. The molecule has 0 aliphatic rings. The average molecular weight is 250 g/mol. The highest BCUT2D eigenvalue weighted by Crippen LogP contribution is 2.18. The van der Waals surface area contributed by atoms with Crippen molar-refractivity contribution in [3.05, 3.63) is 23.9 Å². The van der Waals surface area contributed by atoms with E-state index in [-0.39, 0.29) is 6.10 Å². The summed E-state index contributed by atoms with van der Waals surface area (Å²) in [6.45, 7) is 9.64. The highest BCUT2D eigenvalue weighted by molar-refractivity contribution is 5.23. The summed E-state index contributed by atoms with van der Waals surface area (Å²) in [6.07, 6.45) is 5.40. The van der Waals surface area contributed by atoms with Crippen molar-refractivity contribution >= 4 is 0 Å². The molecule has 0 spiro atoms. The van der Waals surface area contributed by atoms with Crippen LogP contribution in [-0.2, 0) is 0 Å². The second-order valence-electron chi connectivity index (χ2n) is 4.82. The number of ether oxygens (including phenoxy) is 1. The average Bonchev–Trinajstić information content (AvgIpc) is 2.36. The minimum absolute atomic E-state index is 0.233. The quantitative estimate of drug-likeness (QED) is 0.763. The van der Waals surface area contributed by atoms with E-state index in [9.17, 15) is 0 Å². The van der Waals surface area contributed by atoms with Crippen molar-refractivity contribution in [1.82, 2.24) is 10.3 Å². The van der Waals surface area contributed by atoms with Crippen molar-refractivity contribution < 1.29 is 4.74 Å². The van der Waals surface area contributed by atoms with Gasteiger partial charge in [0.1, 0.15) is 0 Å². The van der Waals surface area contributed by atoms with Crippen molar-refractivity contribution in [3.8, 4) is 5.88 Å². The Kier molecular flexibility index (Phi) is 6.73. The van der Waals surface area contributed by atoms with Crippen LogP contribution in [0.2, 0.25) is 0 Å². The molecule has 3 heteroatoms. The van der Waals surface area contributed by atoms with Gasteiger partial charge in [-0.3, -0.25) is 0 Å². The molecule has 0 radical (unpaired) electrons. The Bertz CT molecular complexity index is 341. The highest BCUT2D eigenvalue weighted by Gasteiger charge is 2.08. The lowest BCUT2D eigenvalue weighted by molar-refractivity contribution is 0.201. The summed E-state index contributed by atoms with van der Waals surface area (Å²) in [4.78, 5) is 4.27. The summed E-state index contributed by atoms with van der Waals surface area (Å²) in [5.74, 6) is 0.735. The van der Waals surface area contributed by atoms with Crippen LogP contribution >= 0.6 is 0 Å². The molecular weight excluding hydrogens is 224 g/mol. The van der Waals surface area contributed by atoms with E-state index in [0.717, 1.165) is 31.7 Å². The van der Waals surface area contributed by atoms with Crippen LogP contribution in [0.5, 0.6) is 5.88 Å². The predicted octanol–water partition coefficient (Wildman–Crippen LogP) is 3.71. The zero-order chi connectivity index (χ0) is 13.4. The number of nitrogens with one attached hydrogen (secondary N) is 1. The molecule has 0 aromatic carbocycles. The molecule has 2 atom stereocenters. The van der Waals surface area contributed by atoms with Crippen molar-refractivity contribution in [2.45, 2.75) is 59.1 Å². The summed E-state index contributed by atoms with van der Waals surface area (Å²) < 4.78 is 5.81. The lowest BCUT2D eigenvalue weighted by Crippen LogP contribution is -2.19. The molecule has 0 aliphatic carbocycles. The molecule has 0 saturated heterocycles. The Labute approximate surface area is 111 Å². The molecule has 0 fully saturated rings. The molecule has 1 aromatic rings. The molecule has 102 valence electrons. The molecule has 0 aliphatic heterocycles. The van der Waals surface area contributed by atoms with Gasteiger partial charge in [-0.1, -0.05) is 20.3 Å². The van der Waals surface area contributed by atoms with E-state index in [4.69, 9.17) is 4.74 Å². The zero-order valence-corrected chi connectivity index (χ0v) is 12.1. The standard InChI is InChI=1S/C15H26N2O/c1-5-7-12(3)18-15-11-14(8-10-17-15)13(4)16-9-6-2/h8,10-13,16H,5-7,9H2,1-4H3. The van der Waals surface area contributed by atoms with Gasteiger partial charge in [-0.2, -0.15) is 0 Å². The fourth-order valence-corrected chi connectivity index (χ4v) is 1.91. The molecule has 1 aromatic heterocycles. The van der Waals surface area contributed by atoms with Gasteiger partial charge in [0.05, 0.1) is 6.10 Å². The van der Waals surface area contributed by atoms with E-state index < -0.39 is 0 Å². The van der Waals surface area contributed by atoms with Gasteiger partial charge in [-0.05, 0) is 44.9 Å². The molecular formula is C15H26N2O. The van der Waals surface area contributed by atoms with Crippen LogP contribution in [0.4, 0.5) is 0 Å². The predicted molar refractivity (Wildman–Crippen MR) is 75.9 cm³/mol. The molecule has 2 unspecified atom stereocenters. The summed E-state index contributed by atoms with van der Waals surface area (Å²) in [7, 11) is 0. The van der Waals surface area contributed by atoms with E-state index >= 15 is 0 Å². The van der Waals surface area contributed by atoms with E-state index in [2.05, 4.69) is 38.0 Å². The van der Waals surface area contributed by atoms with Gasteiger partial charge in [-0.25, -0.2) is 4.98 Å². The number of rotatable bonds is 8.